The van der Waals surface area contributed by atoms with Gasteiger partial charge >= 0.3 is 12.3 Å². The first-order valence-electron chi connectivity index (χ1n) is 11.8. The van der Waals surface area contributed by atoms with Gasteiger partial charge in [-0.2, -0.15) is 13.2 Å². The Bertz CT molecular complexity index is 1210. The fraction of sp³-hybridized carbons (Fsp3) is 0.308. The van der Waals surface area contributed by atoms with Gasteiger partial charge in [-0.1, -0.05) is 42.5 Å². The van der Waals surface area contributed by atoms with Gasteiger partial charge in [0.25, 0.3) is 5.91 Å². The van der Waals surface area contributed by atoms with E-state index in [1.807, 2.05) is 4.90 Å². The van der Waals surface area contributed by atoms with Crippen molar-refractivity contribution in [3.05, 3.63) is 83.4 Å². The van der Waals surface area contributed by atoms with Crippen molar-refractivity contribution in [2.75, 3.05) is 36.4 Å². The molecule has 5 rings (SSSR count). The summed E-state index contributed by atoms with van der Waals surface area (Å²) in [6, 6.07) is 18.5. The molecule has 1 aliphatic carbocycles. The molecular weight excluding hydrogens is 487 g/mol. The van der Waals surface area contributed by atoms with Gasteiger partial charge in [0.15, 0.2) is 11.6 Å². The van der Waals surface area contributed by atoms with Crippen LogP contribution in [0.25, 0.3) is 0 Å². The second kappa shape index (κ2) is 11.3. The summed E-state index contributed by atoms with van der Waals surface area (Å²) in [7, 11) is 0. The van der Waals surface area contributed by atoms with Gasteiger partial charge in [-0.3, -0.25) is 10.1 Å². The number of anilines is 2. The second-order valence-corrected chi connectivity index (χ2v) is 8.71. The van der Waals surface area contributed by atoms with Crippen LogP contribution in [-0.2, 0) is 6.18 Å². The smallest absolute Gasteiger partial charge is 0.417 e. The van der Waals surface area contributed by atoms with E-state index in [1.54, 1.807) is 6.07 Å². The van der Waals surface area contributed by atoms with E-state index in [2.05, 4.69) is 45.8 Å². The third-order valence-corrected chi connectivity index (χ3v) is 6.09. The molecule has 37 heavy (non-hydrogen) atoms. The van der Waals surface area contributed by atoms with Gasteiger partial charge in [0, 0.05) is 26.2 Å². The van der Waals surface area contributed by atoms with Crippen LogP contribution in [0.4, 0.5) is 29.6 Å². The van der Waals surface area contributed by atoms with Gasteiger partial charge in [-0.05, 0) is 48.6 Å². The lowest BCUT2D eigenvalue weighted by atomic mass is 10.1. The summed E-state index contributed by atoms with van der Waals surface area (Å²) in [5.41, 5.74) is 0.208. The Morgan fingerprint density at radius 3 is 2.08 bits per heavy atom. The summed E-state index contributed by atoms with van der Waals surface area (Å²) in [5.74, 6) is 0.804. The van der Waals surface area contributed by atoms with Crippen molar-refractivity contribution in [3.8, 4) is 0 Å². The van der Waals surface area contributed by atoms with Gasteiger partial charge in [0.2, 0.25) is 0 Å². The number of alkyl halides is 3. The number of hydrogen-bond donors (Lipinski definition) is 2. The van der Waals surface area contributed by atoms with Crippen molar-refractivity contribution in [3.63, 3.8) is 0 Å². The van der Waals surface area contributed by atoms with E-state index in [0.717, 1.165) is 12.0 Å². The van der Waals surface area contributed by atoms with Gasteiger partial charge in [-0.25, -0.2) is 4.79 Å². The van der Waals surface area contributed by atoms with E-state index < -0.39 is 23.7 Å². The largest absolute Gasteiger partial charge is 0.465 e. The normalized spacial score (nSPS) is 15.4. The lowest BCUT2D eigenvalue weighted by molar-refractivity contribution is -0.138. The second-order valence-electron chi connectivity index (χ2n) is 8.71. The Hall–Kier alpha value is -4.15. The van der Waals surface area contributed by atoms with Crippen LogP contribution in [0.5, 0.6) is 0 Å². The number of nitrogens with one attached hydrogen (secondary N) is 1. The fourth-order valence-electron chi connectivity index (χ4n) is 4.04. The minimum atomic E-state index is -4.60. The summed E-state index contributed by atoms with van der Waals surface area (Å²) < 4.78 is 39.4. The Morgan fingerprint density at radius 1 is 0.865 bits per heavy atom. The van der Waals surface area contributed by atoms with Crippen LogP contribution in [0, 0.1) is 0 Å². The average Bonchev–Trinajstić information content (AvgIpc) is 3.75. The van der Waals surface area contributed by atoms with Gasteiger partial charge in [0.05, 0.1) is 11.1 Å². The Balaban J connectivity index is 0.000000295. The highest BCUT2D eigenvalue weighted by Gasteiger charge is 2.36. The van der Waals surface area contributed by atoms with Crippen LogP contribution in [0.1, 0.15) is 40.2 Å². The molecule has 2 aromatic carbocycles. The lowest BCUT2D eigenvalue weighted by Crippen LogP contribution is -2.49. The molecule has 0 bridgehead atoms. The molecule has 1 aliphatic heterocycles. The van der Waals surface area contributed by atoms with Crippen LogP contribution in [0.15, 0.2) is 66.7 Å². The molecule has 2 N–H and O–H groups in total. The number of nitrogens with zero attached hydrogens (tertiary/aromatic N) is 4. The molecule has 1 aromatic heterocycles. The maximum Gasteiger partial charge on any atom is 0.417 e. The summed E-state index contributed by atoms with van der Waals surface area (Å²) in [5, 5.41) is 18.4. The van der Waals surface area contributed by atoms with Crippen LogP contribution in [-0.4, -0.2) is 58.4 Å². The predicted molar refractivity (Wildman–Crippen MR) is 132 cm³/mol. The van der Waals surface area contributed by atoms with E-state index in [0.29, 0.717) is 18.9 Å². The molecule has 2 fully saturated rings. The number of rotatable bonds is 4. The molecule has 2 amide bonds. The average molecular weight is 514 g/mol. The van der Waals surface area contributed by atoms with Crippen LogP contribution in [0.2, 0.25) is 0 Å². The molecule has 0 atom stereocenters. The number of aromatic nitrogens is 2. The quantitative estimate of drug-likeness (QED) is 0.503. The molecule has 0 radical (unpaired) electrons. The minimum absolute atomic E-state index is 0.0776. The number of hydrogen-bond acceptors (Lipinski definition) is 5. The van der Waals surface area contributed by atoms with Crippen molar-refractivity contribution in [2.45, 2.75) is 24.9 Å². The van der Waals surface area contributed by atoms with Crippen molar-refractivity contribution in [1.29, 1.82) is 0 Å². The number of amides is 2. The van der Waals surface area contributed by atoms with E-state index in [9.17, 15) is 22.8 Å². The van der Waals surface area contributed by atoms with Crippen molar-refractivity contribution in [2.24, 2.45) is 0 Å². The first-order chi connectivity index (χ1) is 17.7. The number of carbonyl (C=O) groups excluding carboxylic acids is 1. The first-order valence-corrected chi connectivity index (χ1v) is 11.8. The third kappa shape index (κ3) is 6.96. The number of carboxylic acid groups (broad SMARTS) is 1. The van der Waals surface area contributed by atoms with Gasteiger partial charge in [0.1, 0.15) is 0 Å². The van der Waals surface area contributed by atoms with Crippen molar-refractivity contribution >= 4 is 23.6 Å². The van der Waals surface area contributed by atoms with E-state index in [1.165, 1.54) is 47.6 Å². The SMILES string of the molecule is O=C(O)Nc1ccc(N2CCN(C(=O)c3ccccc3C(F)(F)F)CC2)nn1.c1ccc(C2CC2)cc1. The summed E-state index contributed by atoms with van der Waals surface area (Å²) >= 11 is 0. The van der Waals surface area contributed by atoms with Gasteiger partial charge in [-0.15, -0.1) is 10.2 Å². The molecule has 1 saturated carbocycles. The van der Waals surface area contributed by atoms with Crippen molar-refractivity contribution in [1.82, 2.24) is 15.1 Å². The molecule has 1 saturated heterocycles. The Morgan fingerprint density at radius 2 is 1.51 bits per heavy atom. The molecule has 194 valence electrons. The number of halogens is 3. The van der Waals surface area contributed by atoms with Crippen LogP contribution >= 0.6 is 0 Å². The number of piperazine rings is 1. The molecule has 8 nitrogen and oxygen atoms in total. The highest BCUT2D eigenvalue weighted by molar-refractivity contribution is 5.96. The summed E-state index contributed by atoms with van der Waals surface area (Å²) in [6.07, 6.45) is -3.04. The summed E-state index contributed by atoms with van der Waals surface area (Å²) in [6.45, 7) is 1.17. The Labute approximate surface area is 211 Å². The molecule has 3 aromatic rings. The van der Waals surface area contributed by atoms with Crippen LogP contribution in [0.3, 0.4) is 0 Å². The zero-order valence-electron chi connectivity index (χ0n) is 19.9. The Kier molecular flexibility index (Phi) is 7.90. The zero-order chi connectivity index (χ0) is 26.4. The zero-order valence-corrected chi connectivity index (χ0v) is 19.9. The molecule has 2 aliphatic rings. The van der Waals surface area contributed by atoms with E-state index >= 15 is 0 Å². The number of carbonyl (C=O) groups is 2. The van der Waals surface area contributed by atoms with Crippen molar-refractivity contribution < 1.29 is 27.9 Å². The van der Waals surface area contributed by atoms with Crippen LogP contribution < -0.4 is 10.2 Å². The lowest BCUT2D eigenvalue weighted by Gasteiger charge is -2.35. The van der Waals surface area contributed by atoms with E-state index in [-0.39, 0.29) is 24.5 Å². The molecule has 2 heterocycles. The third-order valence-electron chi connectivity index (χ3n) is 6.09. The monoisotopic (exact) mass is 513 g/mol. The highest BCUT2D eigenvalue weighted by atomic mass is 19.4. The fourth-order valence-corrected chi connectivity index (χ4v) is 4.04. The standard InChI is InChI=1S/C17H16F3N5O3.C9H10/c18-17(19,20)12-4-2-1-3-11(12)15(26)25-9-7-24(8-10-25)14-6-5-13(22-23-14)21-16(27)28;1-2-4-8(5-3-1)9-6-7-9/h1-6H,7-10H2,(H,21,22)(H,27,28);1-5,9H,6-7H2. The molecular formula is C26H26F3N5O3. The maximum absolute atomic E-state index is 13.1. The van der Waals surface area contributed by atoms with E-state index in [4.69, 9.17) is 5.11 Å². The summed E-state index contributed by atoms with van der Waals surface area (Å²) in [4.78, 5) is 26.3. The topological polar surface area (TPSA) is 98.7 Å². The minimum Gasteiger partial charge on any atom is -0.465 e. The highest BCUT2D eigenvalue weighted by Crippen LogP contribution is 2.39. The molecule has 11 heteroatoms. The predicted octanol–water partition coefficient (Wildman–Crippen LogP) is 5.11. The number of benzene rings is 2. The maximum atomic E-state index is 13.1. The first kappa shape index (κ1) is 25.9. The van der Waals surface area contributed by atoms with Gasteiger partial charge < -0.3 is 14.9 Å². The molecule has 0 unspecified atom stereocenters. The molecule has 0 spiro atoms.